The van der Waals surface area contributed by atoms with E-state index >= 15 is 0 Å². The molecule has 1 fully saturated rings. The first-order valence-electron chi connectivity index (χ1n) is 6.17. The lowest BCUT2D eigenvalue weighted by Crippen LogP contribution is -2.23. The molecule has 0 saturated heterocycles. The Kier molecular flexibility index (Phi) is 4.06. The minimum absolute atomic E-state index is 0.264. The van der Waals surface area contributed by atoms with Crippen LogP contribution >= 0.6 is 11.6 Å². The number of carboxylic acid groups (broad SMARTS) is 1. The van der Waals surface area contributed by atoms with Gasteiger partial charge in [0.25, 0.3) is 0 Å². The van der Waals surface area contributed by atoms with E-state index in [1.54, 1.807) is 12.1 Å². The summed E-state index contributed by atoms with van der Waals surface area (Å²) in [4.78, 5) is 11.5. The third-order valence-corrected chi connectivity index (χ3v) is 3.83. The predicted octanol–water partition coefficient (Wildman–Crippen LogP) is 4.09. The highest BCUT2D eigenvalue weighted by Gasteiger charge is 2.30. The highest BCUT2D eigenvalue weighted by molar-refractivity contribution is 6.30. The van der Waals surface area contributed by atoms with Gasteiger partial charge in [-0.3, -0.25) is 4.79 Å². The van der Waals surface area contributed by atoms with Gasteiger partial charge in [0, 0.05) is 5.02 Å². The lowest BCUT2D eigenvalue weighted by molar-refractivity contribution is -0.140. The van der Waals surface area contributed by atoms with E-state index in [0.717, 1.165) is 31.2 Å². The normalized spacial score (nSPS) is 18.9. The summed E-state index contributed by atoms with van der Waals surface area (Å²) in [7, 11) is 0. The minimum Gasteiger partial charge on any atom is -0.481 e. The maximum Gasteiger partial charge on any atom is 0.311 e. The summed E-state index contributed by atoms with van der Waals surface area (Å²) in [5.41, 5.74) is 0.844. The van der Waals surface area contributed by atoms with E-state index in [1.807, 2.05) is 12.1 Å². The van der Waals surface area contributed by atoms with E-state index in [2.05, 4.69) is 0 Å². The molecule has 0 bridgehead atoms. The molecule has 0 radical (unpaired) electrons. The van der Waals surface area contributed by atoms with E-state index in [4.69, 9.17) is 11.6 Å². The molecule has 17 heavy (non-hydrogen) atoms. The number of benzene rings is 1. The molecule has 92 valence electrons. The molecule has 0 amide bonds. The average molecular weight is 253 g/mol. The molecule has 0 aromatic heterocycles. The largest absolute Gasteiger partial charge is 0.481 e. The van der Waals surface area contributed by atoms with Crippen molar-refractivity contribution in [2.75, 3.05) is 0 Å². The summed E-state index contributed by atoms with van der Waals surface area (Å²) in [5, 5.41) is 10.0. The summed E-state index contributed by atoms with van der Waals surface area (Å²) in [6.07, 6.45) is 5.56. The number of aliphatic carboxylic acids is 1. The molecule has 0 unspecified atom stereocenters. The number of halogens is 1. The molecule has 1 aliphatic rings. The minimum atomic E-state index is -0.723. The fourth-order valence-electron chi connectivity index (χ4n) is 2.78. The summed E-state index contributed by atoms with van der Waals surface area (Å²) >= 11 is 5.94. The lowest BCUT2D eigenvalue weighted by Gasteiger charge is -2.27. The van der Waals surface area contributed by atoms with Crippen LogP contribution < -0.4 is 0 Å². The van der Waals surface area contributed by atoms with Gasteiger partial charge in [-0.2, -0.15) is 0 Å². The molecule has 1 atom stereocenters. The van der Waals surface area contributed by atoms with Gasteiger partial charge in [0.15, 0.2) is 0 Å². The Bertz CT molecular complexity index is 397. The summed E-state index contributed by atoms with van der Waals surface area (Å²) in [6.45, 7) is 0. The standard InChI is InChI=1S/C14H17ClO2/c15-12-8-4-7-11(9-12)13(14(16)17)10-5-2-1-3-6-10/h4,7-10,13H,1-3,5-6H2,(H,16,17)/t13-/m1/s1. The van der Waals surface area contributed by atoms with Crippen molar-refractivity contribution in [3.8, 4) is 0 Å². The van der Waals surface area contributed by atoms with Gasteiger partial charge in [-0.1, -0.05) is 43.0 Å². The molecular weight excluding hydrogens is 236 g/mol. The first-order valence-corrected chi connectivity index (χ1v) is 6.54. The Morgan fingerprint density at radius 2 is 2.00 bits per heavy atom. The van der Waals surface area contributed by atoms with Gasteiger partial charge >= 0.3 is 5.97 Å². The van der Waals surface area contributed by atoms with Gasteiger partial charge in [0.2, 0.25) is 0 Å². The third kappa shape index (κ3) is 3.01. The zero-order valence-electron chi connectivity index (χ0n) is 9.73. The van der Waals surface area contributed by atoms with Crippen LogP contribution in [0.2, 0.25) is 5.02 Å². The average Bonchev–Trinajstić information content (AvgIpc) is 2.30. The Balaban J connectivity index is 2.25. The van der Waals surface area contributed by atoms with Gasteiger partial charge in [-0.25, -0.2) is 0 Å². The number of carboxylic acids is 1. The summed E-state index contributed by atoms with van der Waals surface area (Å²) in [5.74, 6) is -0.854. The van der Waals surface area contributed by atoms with Crippen LogP contribution in [0.25, 0.3) is 0 Å². The molecule has 1 aliphatic carbocycles. The van der Waals surface area contributed by atoms with Gasteiger partial charge in [0.05, 0.1) is 5.92 Å². The molecule has 0 aliphatic heterocycles. The molecule has 1 aromatic carbocycles. The van der Waals surface area contributed by atoms with Crippen LogP contribution in [0.5, 0.6) is 0 Å². The van der Waals surface area contributed by atoms with Gasteiger partial charge in [0.1, 0.15) is 0 Å². The van der Waals surface area contributed by atoms with Crippen LogP contribution in [0.4, 0.5) is 0 Å². The number of carbonyl (C=O) groups is 1. The quantitative estimate of drug-likeness (QED) is 0.880. The van der Waals surface area contributed by atoms with Crippen molar-refractivity contribution in [1.29, 1.82) is 0 Å². The summed E-state index contributed by atoms with van der Waals surface area (Å²) < 4.78 is 0. The van der Waals surface area contributed by atoms with Crippen LogP contribution in [-0.4, -0.2) is 11.1 Å². The second-order valence-corrected chi connectivity index (χ2v) is 5.21. The zero-order valence-corrected chi connectivity index (χ0v) is 10.5. The van der Waals surface area contributed by atoms with E-state index in [1.165, 1.54) is 6.42 Å². The van der Waals surface area contributed by atoms with Crippen LogP contribution in [0.3, 0.4) is 0 Å². The zero-order chi connectivity index (χ0) is 12.3. The second-order valence-electron chi connectivity index (χ2n) is 4.77. The van der Waals surface area contributed by atoms with Crippen molar-refractivity contribution >= 4 is 17.6 Å². The maximum absolute atomic E-state index is 11.5. The van der Waals surface area contributed by atoms with Crippen molar-refractivity contribution < 1.29 is 9.90 Å². The highest BCUT2D eigenvalue weighted by Crippen LogP contribution is 2.36. The third-order valence-electron chi connectivity index (χ3n) is 3.60. The molecule has 2 nitrogen and oxygen atoms in total. The molecule has 2 rings (SSSR count). The smallest absolute Gasteiger partial charge is 0.311 e. The molecular formula is C14H17ClO2. The van der Waals surface area contributed by atoms with Crippen molar-refractivity contribution in [3.63, 3.8) is 0 Å². The fourth-order valence-corrected chi connectivity index (χ4v) is 2.98. The maximum atomic E-state index is 11.5. The van der Waals surface area contributed by atoms with Crippen LogP contribution in [0, 0.1) is 5.92 Å². The molecule has 1 aromatic rings. The highest BCUT2D eigenvalue weighted by atomic mass is 35.5. The van der Waals surface area contributed by atoms with Crippen LogP contribution in [0.1, 0.15) is 43.6 Å². The number of hydrogen-bond acceptors (Lipinski definition) is 1. The molecule has 0 spiro atoms. The lowest BCUT2D eigenvalue weighted by atomic mass is 9.77. The van der Waals surface area contributed by atoms with E-state index in [9.17, 15) is 9.90 Å². The molecule has 1 saturated carbocycles. The first-order chi connectivity index (χ1) is 8.18. The number of rotatable bonds is 3. The van der Waals surface area contributed by atoms with Crippen LogP contribution in [0.15, 0.2) is 24.3 Å². The van der Waals surface area contributed by atoms with Gasteiger partial charge in [-0.15, -0.1) is 0 Å². The van der Waals surface area contributed by atoms with Crippen molar-refractivity contribution in [2.24, 2.45) is 5.92 Å². The van der Waals surface area contributed by atoms with Crippen LogP contribution in [-0.2, 0) is 4.79 Å². The Morgan fingerprint density at radius 3 is 2.59 bits per heavy atom. The Labute approximate surface area is 107 Å². The van der Waals surface area contributed by atoms with Gasteiger partial charge in [-0.05, 0) is 36.5 Å². The van der Waals surface area contributed by atoms with E-state index < -0.39 is 11.9 Å². The molecule has 0 heterocycles. The molecule has 1 N–H and O–H groups in total. The SMILES string of the molecule is O=C(O)[C@@H](c1cccc(Cl)c1)C1CCCCC1. The second kappa shape index (κ2) is 5.54. The monoisotopic (exact) mass is 252 g/mol. The van der Waals surface area contributed by atoms with E-state index in [0.29, 0.717) is 5.02 Å². The number of hydrogen-bond donors (Lipinski definition) is 1. The topological polar surface area (TPSA) is 37.3 Å². The Morgan fingerprint density at radius 1 is 1.29 bits per heavy atom. The van der Waals surface area contributed by atoms with Crippen molar-refractivity contribution in [1.82, 2.24) is 0 Å². The van der Waals surface area contributed by atoms with Crippen molar-refractivity contribution in [3.05, 3.63) is 34.9 Å². The fraction of sp³-hybridized carbons (Fsp3) is 0.500. The van der Waals surface area contributed by atoms with E-state index in [-0.39, 0.29) is 5.92 Å². The summed E-state index contributed by atoms with van der Waals surface area (Å²) in [6, 6.07) is 7.27. The van der Waals surface area contributed by atoms with Gasteiger partial charge < -0.3 is 5.11 Å². The Hall–Kier alpha value is -1.02. The molecule has 3 heteroatoms. The first kappa shape index (κ1) is 12.4. The predicted molar refractivity (Wildman–Crippen MR) is 68.4 cm³/mol. The van der Waals surface area contributed by atoms with Crippen molar-refractivity contribution in [2.45, 2.75) is 38.0 Å².